The van der Waals surface area contributed by atoms with E-state index < -0.39 is 4.92 Å². The number of likely N-dealkylation sites (N-methyl/N-ethyl adjacent to an activating group) is 1. The summed E-state index contributed by atoms with van der Waals surface area (Å²) in [5, 5.41) is 17.8. The summed E-state index contributed by atoms with van der Waals surface area (Å²) in [6.07, 6.45) is 7.35. The maximum atomic E-state index is 11.4. The summed E-state index contributed by atoms with van der Waals surface area (Å²) >= 11 is 0. The molecule has 0 radical (unpaired) electrons. The molecule has 31 heavy (non-hydrogen) atoms. The fourth-order valence-corrected chi connectivity index (χ4v) is 4.28. The molecule has 2 aliphatic rings. The maximum absolute atomic E-state index is 11.4. The number of nitrogens with one attached hydrogen (secondary N) is 2. The number of rotatable bonds is 7. The van der Waals surface area contributed by atoms with Gasteiger partial charge in [-0.1, -0.05) is 19.3 Å². The fourth-order valence-electron chi connectivity index (χ4n) is 4.28. The van der Waals surface area contributed by atoms with Gasteiger partial charge in [0.05, 0.1) is 4.92 Å². The minimum absolute atomic E-state index is 0.0910. The van der Waals surface area contributed by atoms with Gasteiger partial charge in [0.15, 0.2) is 0 Å². The molecular weight excluding hydrogens is 394 g/mol. The van der Waals surface area contributed by atoms with Crippen LogP contribution in [-0.4, -0.2) is 59.6 Å². The Bertz CT molecular complexity index is 876. The SMILES string of the molecule is CN1CCN(c2ccc(Nc3ncc([N+](=O)[O-])c(NCC4CCCCC4)n3)cc2)CC1. The molecule has 2 fully saturated rings. The lowest BCUT2D eigenvalue weighted by molar-refractivity contribution is -0.384. The van der Waals surface area contributed by atoms with Crippen molar-refractivity contribution in [2.24, 2.45) is 5.92 Å². The first-order chi connectivity index (χ1) is 15.1. The third-order valence-corrected chi connectivity index (χ3v) is 6.24. The van der Waals surface area contributed by atoms with Crippen LogP contribution in [0.25, 0.3) is 0 Å². The Morgan fingerprint density at radius 2 is 1.81 bits per heavy atom. The molecule has 2 aromatic rings. The Labute approximate surface area is 183 Å². The molecule has 1 aliphatic heterocycles. The molecule has 1 aromatic carbocycles. The normalized spacial score (nSPS) is 18.0. The van der Waals surface area contributed by atoms with Crippen LogP contribution in [0.15, 0.2) is 30.5 Å². The van der Waals surface area contributed by atoms with Crippen LogP contribution in [0.3, 0.4) is 0 Å². The number of nitrogens with zero attached hydrogens (tertiary/aromatic N) is 5. The number of anilines is 4. The zero-order valence-electron chi connectivity index (χ0n) is 18.1. The van der Waals surface area contributed by atoms with E-state index in [0.717, 1.165) is 44.7 Å². The molecule has 0 bridgehead atoms. The molecule has 0 atom stereocenters. The van der Waals surface area contributed by atoms with Crippen molar-refractivity contribution in [1.29, 1.82) is 0 Å². The van der Waals surface area contributed by atoms with Gasteiger partial charge in [0, 0.05) is 44.1 Å². The van der Waals surface area contributed by atoms with Crippen molar-refractivity contribution in [2.75, 3.05) is 55.3 Å². The van der Waals surface area contributed by atoms with Gasteiger partial charge in [0.1, 0.15) is 6.20 Å². The Balaban J connectivity index is 1.42. The van der Waals surface area contributed by atoms with Crippen LogP contribution in [0.4, 0.5) is 28.8 Å². The third-order valence-electron chi connectivity index (χ3n) is 6.24. The summed E-state index contributed by atoms with van der Waals surface area (Å²) in [4.78, 5) is 24.2. The monoisotopic (exact) mass is 425 g/mol. The molecule has 1 saturated carbocycles. The number of piperazine rings is 1. The molecule has 1 aromatic heterocycles. The summed E-state index contributed by atoms with van der Waals surface area (Å²) < 4.78 is 0. The van der Waals surface area contributed by atoms with Gasteiger partial charge < -0.3 is 20.4 Å². The first-order valence-electron chi connectivity index (χ1n) is 11.1. The number of nitro groups is 1. The highest BCUT2D eigenvalue weighted by molar-refractivity contribution is 5.63. The molecule has 2 N–H and O–H groups in total. The van der Waals surface area contributed by atoms with E-state index in [1.54, 1.807) is 0 Å². The second-order valence-corrected chi connectivity index (χ2v) is 8.53. The van der Waals surface area contributed by atoms with E-state index in [1.165, 1.54) is 31.1 Å². The van der Waals surface area contributed by atoms with Gasteiger partial charge in [0.25, 0.3) is 0 Å². The second-order valence-electron chi connectivity index (χ2n) is 8.53. The lowest BCUT2D eigenvalue weighted by atomic mass is 9.89. The van der Waals surface area contributed by atoms with Gasteiger partial charge in [-0.25, -0.2) is 4.98 Å². The average Bonchev–Trinajstić information content (AvgIpc) is 2.79. The van der Waals surface area contributed by atoms with Crippen LogP contribution >= 0.6 is 0 Å². The Morgan fingerprint density at radius 3 is 2.48 bits per heavy atom. The summed E-state index contributed by atoms with van der Waals surface area (Å²) in [6, 6.07) is 8.16. The van der Waals surface area contributed by atoms with Gasteiger partial charge in [-0.05, 0) is 50.1 Å². The molecule has 1 aliphatic carbocycles. The molecule has 0 amide bonds. The van der Waals surface area contributed by atoms with Crippen LogP contribution < -0.4 is 15.5 Å². The standard InChI is InChI=1S/C22H31N7O2/c1-27-11-13-28(14-12-27)19-9-7-18(8-10-19)25-22-24-16-20(29(30)31)21(26-22)23-15-17-5-3-2-4-6-17/h7-10,16-17H,2-6,11-15H2,1H3,(H2,23,24,25,26). The first kappa shape index (κ1) is 21.3. The number of benzene rings is 1. The average molecular weight is 426 g/mol. The van der Waals surface area contributed by atoms with Crippen molar-refractivity contribution >= 4 is 28.8 Å². The smallest absolute Gasteiger partial charge is 0.329 e. The Kier molecular flexibility index (Phi) is 6.81. The van der Waals surface area contributed by atoms with Crippen molar-refractivity contribution in [3.63, 3.8) is 0 Å². The van der Waals surface area contributed by atoms with Crippen molar-refractivity contribution in [2.45, 2.75) is 32.1 Å². The summed E-state index contributed by atoms with van der Waals surface area (Å²) in [5.41, 5.74) is 1.95. The number of hydrogen-bond acceptors (Lipinski definition) is 8. The quantitative estimate of drug-likeness (QED) is 0.509. The van der Waals surface area contributed by atoms with E-state index in [2.05, 4.69) is 49.6 Å². The van der Waals surface area contributed by atoms with Gasteiger partial charge in [-0.15, -0.1) is 0 Å². The van der Waals surface area contributed by atoms with E-state index in [4.69, 9.17) is 0 Å². The van der Waals surface area contributed by atoms with Crippen LogP contribution in [0.1, 0.15) is 32.1 Å². The largest absolute Gasteiger partial charge is 0.369 e. The van der Waals surface area contributed by atoms with Gasteiger partial charge >= 0.3 is 5.69 Å². The van der Waals surface area contributed by atoms with Crippen LogP contribution in [0.5, 0.6) is 0 Å². The van der Waals surface area contributed by atoms with Gasteiger partial charge in [0.2, 0.25) is 11.8 Å². The highest BCUT2D eigenvalue weighted by Crippen LogP contribution is 2.28. The Hall–Kier alpha value is -2.94. The molecule has 9 nitrogen and oxygen atoms in total. The van der Waals surface area contributed by atoms with E-state index in [-0.39, 0.29) is 11.5 Å². The van der Waals surface area contributed by atoms with E-state index in [1.807, 2.05) is 12.1 Å². The van der Waals surface area contributed by atoms with E-state index in [9.17, 15) is 10.1 Å². The zero-order valence-corrected chi connectivity index (χ0v) is 18.1. The van der Waals surface area contributed by atoms with Gasteiger partial charge in [-0.2, -0.15) is 4.98 Å². The number of aromatic nitrogens is 2. The predicted molar refractivity (Wildman–Crippen MR) is 123 cm³/mol. The van der Waals surface area contributed by atoms with Crippen LogP contribution in [0.2, 0.25) is 0 Å². The lowest BCUT2D eigenvalue weighted by Gasteiger charge is -2.34. The summed E-state index contributed by atoms with van der Waals surface area (Å²) in [6.45, 7) is 4.87. The third kappa shape index (κ3) is 5.61. The Morgan fingerprint density at radius 1 is 1.10 bits per heavy atom. The van der Waals surface area contributed by atoms with Crippen molar-refractivity contribution in [1.82, 2.24) is 14.9 Å². The topological polar surface area (TPSA) is 99.5 Å². The molecule has 2 heterocycles. The van der Waals surface area contributed by atoms with Gasteiger partial charge in [-0.3, -0.25) is 10.1 Å². The molecule has 1 saturated heterocycles. The summed E-state index contributed by atoms with van der Waals surface area (Å²) in [5.74, 6) is 1.17. The van der Waals surface area contributed by atoms with Crippen molar-refractivity contribution in [3.05, 3.63) is 40.6 Å². The minimum atomic E-state index is -0.433. The van der Waals surface area contributed by atoms with Crippen molar-refractivity contribution in [3.8, 4) is 0 Å². The second kappa shape index (κ2) is 9.91. The lowest BCUT2D eigenvalue weighted by Crippen LogP contribution is -2.44. The molecule has 4 rings (SSSR count). The molecule has 9 heteroatoms. The van der Waals surface area contributed by atoms with Crippen molar-refractivity contribution < 1.29 is 4.92 Å². The highest BCUT2D eigenvalue weighted by Gasteiger charge is 2.20. The maximum Gasteiger partial charge on any atom is 0.329 e. The summed E-state index contributed by atoms with van der Waals surface area (Å²) in [7, 11) is 2.15. The van der Waals surface area contributed by atoms with E-state index in [0.29, 0.717) is 18.4 Å². The van der Waals surface area contributed by atoms with Crippen LogP contribution in [-0.2, 0) is 0 Å². The molecular formula is C22H31N7O2. The fraction of sp³-hybridized carbons (Fsp3) is 0.545. The number of hydrogen-bond donors (Lipinski definition) is 2. The molecule has 166 valence electrons. The molecule has 0 spiro atoms. The first-order valence-corrected chi connectivity index (χ1v) is 11.1. The van der Waals surface area contributed by atoms with Crippen LogP contribution in [0, 0.1) is 16.0 Å². The molecule has 0 unspecified atom stereocenters. The van der Waals surface area contributed by atoms with E-state index >= 15 is 0 Å². The zero-order chi connectivity index (χ0) is 21.6. The highest BCUT2D eigenvalue weighted by atomic mass is 16.6. The predicted octanol–water partition coefficient (Wildman–Crippen LogP) is 3.87. The minimum Gasteiger partial charge on any atom is -0.369 e.